The zero-order chi connectivity index (χ0) is 23.5. The van der Waals surface area contributed by atoms with Crippen LogP contribution in [-0.4, -0.2) is 51.9 Å². The standard InChI is InChI=1S/C24H23N3O6/c1-33-24(31)20(27-22(29)17-6-2-3-7-18(17)23(27)30)12-15-13-25-19-11-14(9-10-16(15)19)5-4-8-21(28)26-32/h2-3,6-7,9-11,13,20,25,32H,4-5,8,12H2,1H3,(H,26,28)/t20-/m0/s1. The fourth-order valence-electron chi connectivity index (χ4n) is 4.18. The highest BCUT2D eigenvalue weighted by Crippen LogP contribution is 2.28. The summed E-state index contributed by atoms with van der Waals surface area (Å²) in [6, 6.07) is 11.2. The van der Waals surface area contributed by atoms with Gasteiger partial charge in [0.1, 0.15) is 6.04 Å². The second kappa shape index (κ2) is 9.25. The highest BCUT2D eigenvalue weighted by molar-refractivity contribution is 6.22. The predicted octanol–water partition coefficient (Wildman–Crippen LogP) is 2.38. The summed E-state index contributed by atoms with van der Waals surface area (Å²) >= 11 is 0. The largest absolute Gasteiger partial charge is 0.467 e. The first-order valence-electron chi connectivity index (χ1n) is 10.5. The molecule has 9 nitrogen and oxygen atoms in total. The van der Waals surface area contributed by atoms with E-state index in [-0.39, 0.29) is 24.0 Å². The Labute approximate surface area is 189 Å². The summed E-state index contributed by atoms with van der Waals surface area (Å²) in [5.74, 6) is -2.13. The molecular formula is C24H23N3O6. The lowest BCUT2D eigenvalue weighted by Crippen LogP contribution is -2.46. The molecule has 3 aromatic rings. The average molecular weight is 449 g/mol. The Morgan fingerprint density at radius 2 is 1.82 bits per heavy atom. The van der Waals surface area contributed by atoms with Gasteiger partial charge in [-0.3, -0.25) is 24.5 Å². The number of carbonyl (C=O) groups is 4. The number of nitrogens with zero attached hydrogens (tertiary/aromatic N) is 1. The normalized spacial score (nSPS) is 13.8. The van der Waals surface area contributed by atoms with E-state index in [4.69, 9.17) is 9.94 Å². The predicted molar refractivity (Wildman–Crippen MR) is 118 cm³/mol. The van der Waals surface area contributed by atoms with Crippen molar-refractivity contribution in [3.63, 3.8) is 0 Å². The lowest BCUT2D eigenvalue weighted by molar-refractivity contribution is -0.145. The summed E-state index contributed by atoms with van der Waals surface area (Å²) in [7, 11) is 1.23. The van der Waals surface area contributed by atoms with E-state index in [9.17, 15) is 19.2 Å². The van der Waals surface area contributed by atoms with Crippen molar-refractivity contribution in [1.29, 1.82) is 0 Å². The molecule has 1 atom stereocenters. The molecule has 0 spiro atoms. The fraction of sp³-hybridized carbons (Fsp3) is 0.250. The quantitative estimate of drug-likeness (QED) is 0.210. The number of aromatic nitrogens is 1. The van der Waals surface area contributed by atoms with E-state index >= 15 is 0 Å². The third-order valence-corrected chi connectivity index (χ3v) is 5.85. The Bertz CT molecular complexity index is 1210. The van der Waals surface area contributed by atoms with Crippen molar-refractivity contribution in [3.05, 3.63) is 70.9 Å². The molecule has 1 aliphatic heterocycles. The monoisotopic (exact) mass is 449 g/mol. The topological polar surface area (TPSA) is 129 Å². The number of esters is 1. The van der Waals surface area contributed by atoms with Gasteiger partial charge in [-0.1, -0.05) is 24.3 Å². The smallest absolute Gasteiger partial charge is 0.329 e. The molecule has 0 saturated heterocycles. The molecule has 1 aromatic heterocycles. The summed E-state index contributed by atoms with van der Waals surface area (Å²) < 4.78 is 4.93. The van der Waals surface area contributed by atoms with Gasteiger partial charge in [0, 0.05) is 29.9 Å². The van der Waals surface area contributed by atoms with Crippen LogP contribution in [0.1, 0.15) is 44.7 Å². The third kappa shape index (κ3) is 4.22. The first kappa shape index (κ1) is 22.2. The number of amides is 3. The first-order chi connectivity index (χ1) is 15.9. The minimum absolute atomic E-state index is 0.105. The van der Waals surface area contributed by atoms with Gasteiger partial charge >= 0.3 is 5.97 Å². The van der Waals surface area contributed by atoms with Crippen LogP contribution < -0.4 is 5.48 Å². The number of fused-ring (bicyclic) bond motifs is 2. The van der Waals surface area contributed by atoms with Gasteiger partial charge < -0.3 is 9.72 Å². The molecule has 2 aromatic carbocycles. The van der Waals surface area contributed by atoms with E-state index in [1.807, 2.05) is 18.2 Å². The van der Waals surface area contributed by atoms with Gasteiger partial charge in [-0.05, 0) is 42.2 Å². The summed E-state index contributed by atoms with van der Waals surface area (Å²) in [6.45, 7) is 0. The molecule has 1 aliphatic rings. The third-order valence-electron chi connectivity index (χ3n) is 5.85. The lowest BCUT2D eigenvalue weighted by atomic mass is 10.0. The van der Waals surface area contributed by atoms with Crippen LogP contribution in [0, 0.1) is 0 Å². The van der Waals surface area contributed by atoms with E-state index in [0.717, 1.165) is 26.9 Å². The van der Waals surface area contributed by atoms with Gasteiger partial charge in [0.05, 0.1) is 18.2 Å². The molecule has 0 fully saturated rings. The number of H-pyrrole nitrogens is 1. The number of nitrogens with one attached hydrogen (secondary N) is 2. The number of methoxy groups -OCH3 is 1. The number of benzene rings is 2. The highest BCUT2D eigenvalue weighted by Gasteiger charge is 2.43. The van der Waals surface area contributed by atoms with Gasteiger partial charge in [-0.25, -0.2) is 10.3 Å². The number of hydroxylamine groups is 1. The molecule has 0 saturated carbocycles. The van der Waals surface area contributed by atoms with Gasteiger partial charge in [0.15, 0.2) is 0 Å². The van der Waals surface area contributed by atoms with Gasteiger partial charge in [0.2, 0.25) is 5.91 Å². The van der Waals surface area contributed by atoms with Crippen molar-refractivity contribution < 1.29 is 29.1 Å². The summed E-state index contributed by atoms with van der Waals surface area (Å²) in [6.07, 6.45) is 3.30. The number of carbonyl (C=O) groups excluding carboxylic acids is 4. The van der Waals surface area contributed by atoms with Gasteiger partial charge in [-0.2, -0.15) is 0 Å². The van der Waals surface area contributed by atoms with Crippen molar-refractivity contribution in [2.75, 3.05) is 7.11 Å². The molecule has 0 radical (unpaired) electrons. The zero-order valence-electron chi connectivity index (χ0n) is 18.0. The number of hydrogen-bond donors (Lipinski definition) is 3. The van der Waals surface area contributed by atoms with Crippen LogP contribution in [0.15, 0.2) is 48.7 Å². The fourth-order valence-corrected chi connectivity index (χ4v) is 4.18. The molecule has 33 heavy (non-hydrogen) atoms. The molecule has 0 aliphatic carbocycles. The van der Waals surface area contributed by atoms with Crippen molar-refractivity contribution >= 4 is 34.6 Å². The Morgan fingerprint density at radius 1 is 1.12 bits per heavy atom. The summed E-state index contributed by atoms with van der Waals surface area (Å²) in [4.78, 5) is 53.8. The molecule has 170 valence electrons. The van der Waals surface area contributed by atoms with Crippen LogP contribution in [0.2, 0.25) is 0 Å². The van der Waals surface area contributed by atoms with Crippen molar-refractivity contribution in [1.82, 2.24) is 15.4 Å². The second-order valence-electron chi connectivity index (χ2n) is 7.85. The van der Waals surface area contributed by atoms with Crippen LogP contribution in [0.25, 0.3) is 10.9 Å². The molecule has 4 rings (SSSR count). The second-order valence-corrected chi connectivity index (χ2v) is 7.85. The van der Waals surface area contributed by atoms with Crippen molar-refractivity contribution in [2.24, 2.45) is 0 Å². The minimum atomic E-state index is -1.10. The maximum Gasteiger partial charge on any atom is 0.329 e. The van der Waals surface area contributed by atoms with E-state index in [2.05, 4.69) is 4.98 Å². The minimum Gasteiger partial charge on any atom is -0.467 e. The molecule has 3 amide bonds. The van der Waals surface area contributed by atoms with E-state index in [0.29, 0.717) is 12.8 Å². The van der Waals surface area contributed by atoms with E-state index < -0.39 is 29.7 Å². The van der Waals surface area contributed by atoms with E-state index in [1.54, 1.807) is 35.9 Å². The van der Waals surface area contributed by atoms with Gasteiger partial charge in [0.25, 0.3) is 11.8 Å². The van der Waals surface area contributed by atoms with Crippen LogP contribution in [0.4, 0.5) is 0 Å². The van der Waals surface area contributed by atoms with Crippen LogP contribution in [-0.2, 0) is 27.2 Å². The Hall–Kier alpha value is -3.98. The van der Waals surface area contributed by atoms with Gasteiger partial charge in [-0.15, -0.1) is 0 Å². The number of aromatic amines is 1. The molecule has 9 heteroatoms. The number of aryl methyl sites for hydroxylation is 1. The van der Waals surface area contributed by atoms with Crippen molar-refractivity contribution in [3.8, 4) is 0 Å². The Balaban J connectivity index is 1.57. The molecule has 3 N–H and O–H groups in total. The Morgan fingerprint density at radius 3 is 2.45 bits per heavy atom. The van der Waals surface area contributed by atoms with Crippen LogP contribution in [0.5, 0.6) is 0 Å². The molecule has 2 heterocycles. The Kier molecular flexibility index (Phi) is 6.23. The van der Waals surface area contributed by atoms with Crippen LogP contribution in [0.3, 0.4) is 0 Å². The SMILES string of the molecule is COC(=O)[C@H](Cc1c[nH]c2cc(CCCC(=O)NO)ccc12)N1C(=O)c2ccccc2C1=O. The molecule has 0 bridgehead atoms. The summed E-state index contributed by atoms with van der Waals surface area (Å²) in [5, 5.41) is 9.44. The van der Waals surface area contributed by atoms with E-state index in [1.165, 1.54) is 7.11 Å². The van der Waals surface area contributed by atoms with Crippen molar-refractivity contribution in [2.45, 2.75) is 31.7 Å². The number of imide groups is 1. The summed E-state index contributed by atoms with van der Waals surface area (Å²) in [5.41, 5.74) is 4.77. The maximum absolute atomic E-state index is 12.9. The first-order valence-corrected chi connectivity index (χ1v) is 10.5. The molecular weight excluding hydrogens is 426 g/mol. The highest BCUT2D eigenvalue weighted by atomic mass is 16.5. The zero-order valence-corrected chi connectivity index (χ0v) is 18.0. The maximum atomic E-state index is 12.9. The number of hydrogen-bond acceptors (Lipinski definition) is 6. The lowest BCUT2D eigenvalue weighted by Gasteiger charge is -2.23. The van der Waals surface area contributed by atoms with Crippen LogP contribution >= 0.6 is 0 Å². The average Bonchev–Trinajstić information content (AvgIpc) is 3.35. The molecule has 0 unspecified atom stereocenters. The number of rotatable bonds is 8. The number of ether oxygens (including phenoxy) is 1.